The van der Waals surface area contributed by atoms with Gasteiger partial charge in [-0.3, -0.25) is 4.79 Å². The molecule has 1 aliphatic rings. The van der Waals surface area contributed by atoms with Crippen molar-refractivity contribution in [2.45, 2.75) is 39.0 Å². The van der Waals surface area contributed by atoms with Crippen LogP contribution in [0.2, 0.25) is 5.02 Å². The van der Waals surface area contributed by atoms with Gasteiger partial charge in [0.25, 0.3) is 0 Å². The van der Waals surface area contributed by atoms with Crippen LogP contribution in [0.1, 0.15) is 48.2 Å². The largest absolute Gasteiger partial charge is 0.453 e. The summed E-state index contributed by atoms with van der Waals surface area (Å²) in [5.41, 5.74) is 1.68. The minimum atomic E-state index is 0.142. The van der Waals surface area contributed by atoms with Crippen LogP contribution in [0, 0.1) is 12.8 Å². The molecule has 0 aliphatic heterocycles. The minimum Gasteiger partial charge on any atom is -0.453 e. The fourth-order valence-electron chi connectivity index (χ4n) is 2.98. The second-order valence-electron chi connectivity index (χ2n) is 5.40. The van der Waals surface area contributed by atoms with E-state index < -0.39 is 0 Å². The van der Waals surface area contributed by atoms with Gasteiger partial charge in [0.1, 0.15) is 5.58 Å². The van der Waals surface area contributed by atoms with E-state index in [-0.39, 0.29) is 11.7 Å². The van der Waals surface area contributed by atoms with E-state index in [0.29, 0.717) is 10.8 Å². The van der Waals surface area contributed by atoms with E-state index in [4.69, 9.17) is 16.0 Å². The van der Waals surface area contributed by atoms with Crippen molar-refractivity contribution in [1.82, 2.24) is 0 Å². The third kappa shape index (κ3) is 2.30. The van der Waals surface area contributed by atoms with Crippen molar-refractivity contribution in [2.75, 3.05) is 0 Å². The summed E-state index contributed by atoms with van der Waals surface area (Å²) in [4.78, 5) is 12.5. The molecule has 1 fully saturated rings. The van der Waals surface area contributed by atoms with E-state index in [1.807, 2.05) is 19.1 Å². The van der Waals surface area contributed by atoms with Crippen LogP contribution >= 0.6 is 11.6 Å². The lowest BCUT2D eigenvalue weighted by Crippen LogP contribution is -2.17. The zero-order valence-electron chi connectivity index (χ0n) is 11.0. The van der Waals surface area contributed by atoms with Crippen molar-refractivity contribution in [2.24, 2.45) is 5.92 Å². The number of rotatable bonds is 2. The summed E-state index contributed by atoms with van der Waals surface area (Å²) in [5, 5.41) is 1.62. The van der Waals surface area contributed by atoms with Gasteiger partial charge in [0, 0.05) is 21.9 Å². The minimum absolute atomic E-state index is 0.142. The van der Waals surface area contributed by atoms with Crippen molar-refractivity contribution < 1.29 is 9.21 Å². The van der Waals surface area contributed by atoms with E-state index in [1.165, 1.54) is 6.42 Å². The summed E-state index contributed by atoms with van der Waals surface area (Å²) in [6, 6.07) is 5.50. The molecule has 1 saturated carbocycles. The van der Waals surface area contributed by atoms with Crippen LogP contribution in [0.15, 0.2) is 22.6 Å². The Balaban J connectivity index is 2.00. The first-order valence-electron chi connectivity index (χ1n) is 6.89. The molecule has 3 rings (SSSR count). The Hall–Kier alpha value is -1.28. The number of Topliss-reactive ketones (excluding diaryl/α,β-unsaturated/α-hetero) is 1. The molecule has 0 radical (unpaired) electrons. The number of halogens is 1. The number of furan rings is 1. The Morgan fingerprint density at radius 2 is 2.00 bits per heavy atom. The number of carbonyl (C=O) groups excluding carboxylic acids is 1. The zero-order chi connectivity index (χ0) is 13.4. The van der Waals surface area contributed by atoms with Crippen molar-refractivity contribution >= 4 is 28.4 Å². The van der Waals surface area contributed by atoms with Crippen molar-refractivity contribution in [3.63, 3.8) is 0 Å². The predicted octanol–water partition coefficient (Wildman–Crippen LogP) is 5.16. The van der Waals surface area contributed by atoms with Crippen molar-refractivity contribution in [1.29, 1.82) is 0 Å². The van der Waals surface area contributed by atoms with Gasteiger partial charge in [-0.15, -0.1) is 0 Å². The van der Waals surface area contributed by atoms with Crippen LogP contribution in [-0.2, 0) is 0 Å². The molecule has 0 bridgehead atoms. The van der Waals surface area contributed by atoms with Crippen LogP contribution in [0.25, 0.3) is 11.0 Å². The van der Waals surface area contributed by atoms with Crippen LogP contribution in [0.5, 0.6) is 0 Å². The fraction of sp³-hybridized carbons (Fsp3) is 0.438. The number of ketones is 1. The van der Waals surface area contributed by atoms with Crippen molar-refractivity contribution in [3.05, 3.63) is 34.5 Å². The molecule has 0 saturated heterocycles. The van der Waals surface area contributed by atoms with Gasteiger partial charge < -0.3 is 4.42 Å². The molecule has 0 N–H and O–H groups in total. The maximum Gasteiger partial charge on any atom is 0.201 e. The SMILES string of the molecule is Cc1c(C(=O)C2CCCCC2)oc2ccc(Cl)cc12. The summed E-state index contributed by atoms with van der Waals surface area (Å²) in [7, 11) is 0. The fourth-order valence-corrected chi connectivity index (χ4v) is 3.15. The highest BCUT2D eigenvalue weighted by molar-refractivity contribution is 6.31. The first kappa shape index (κ1) is 12.7. The van der Waals surface area contributed by atoms with Gasteiger partial charge in [0.05, 0.1) is 0 Å². The molecule has 0 spiro atoms. The van der Waals surface area contributed by atoms with E-state index in [2.05, 4.69) is 0 Å². The molecule has 2 aromatic rings. The molecule has 1 aromatic carbocycles. The number of benzene rings is 1. The van der Waals surface area contributed by atoms with Gasteiger partial charge in [0.2, 0.25) is 5.78 Å². The number of carbonyl (C=O) groups is 1. The number of aryl methyl sites for hydroxylation is 1. The average Bonchev–Trinajstić information content (AvgIpc) is 2.76. The Morgan fingerprint density at radius 1 is 1.26 bits per heavy atom. The third-order valence-electron chi connectivity index (χ3n) is 4.10. The third-order valence-corrected chi connectivity index (χ3v) is 4.33. The lowest BCUT2D eigenvalue weighted by molar-refractivity contribution is 0.0862. The molecule has 100 valence electrons. The number of fused-ring (bicyclic) bond motifs is 1. The van der Waals surface area contributed by atoms with Crippen LogP contribution in [-0.4, -0.2) is 5.78 Å². The van der Waals surface area contributed by atoms with E-state index in [0.717, 1.165) is 42.2 Å². The lowest BCUT2D eigenvalue weighted by atomic mass is 9.85. The standard InChI is InChI=1S/C16H17ClO2/c1-10-13-9-12(17)7-8-14(13)19-16(10)15(18)11-5-3-2-4-6-11/h7-9,11H,2-6H2,1H3. The molecule has 1 heterocycles. The monoisotopic (exact) mass is 276 g/mol. The lowest BCUT2D eigenvalue weighted by Gasteiger charge is -2.19. The summed E-state index contributed by atoms with van der Waals surface area (Å²) in [6.07, 6.45) is 5.55. The van der Waals surface area contributed by atoms with Gasteiger partial charge in [-0.05, 0) is 38.0 Å². The van der Waals surface area contributed by atoms with Gasteiger partial charge >= 0.3 is 0 Å². The first-order valence-corrected chi connectivity index (χ1v) is 7.27. The van der Waals surface area contributed by atoms with Crippen molar-refractivity contribution in [3.8, 4) is 0 Å². The highest BCUT2D eigenvalue weighted by Crippen LogP contribution is 2.32. The molecular weight excluding hydrogens is 260 g/mol. The second-order valence-corrected chi connectivity index (χ2v) is 5.83. The topological polar surface area (TPSA) is 30.2 Å². The van der Waals surface area contributed by atoms with Crippen LogP contribution < -0.4 is 0 Å². The highest BCUT2D eigenvalue weighted by Gasteiger charge is 2.27. The highest BCUT2D eigenvalue weighted by atomic mass is 35.5. The molecule has 19 heavy (non-hydrogen) atoms. The van der Waals surface area contributed by atoms with Gasteiger partial charge in [-0.1, -0.05) is 30.9 Å². The average molecular weight is 277 g/mol. The van der Waals surface area contributed by atoms with E-state index >= 15 is 0 Å². The normalized spacial score (nSPS) is 16.9. The van der Waals surface area contributed by atoms with E-state index in [1.54, 1.807) is 6.07 Å². The van der Waals surface area contributed by atoms with Gasteiger partial charge in [0.15, 0.2) is 5.76 Å². The number of hydrogen-bond acceptors (Lipinski definition) is 2. The van der Waals surface area contributed by atoms with Crippen LogP contribution in [0.3, 0.4) is 0 Å². The quantitative estimate of drug-likeness (QED) is 0.710. The molecule has 2 nitrogen and oxygen atoms in total. The molecule has 1 aromatic heterocycles. The Kier molecular flexibility index (Phi) is 3.36. The summed E-state index contributed by atoms with van der Waals surface area (Å²) in [6.45, 7) is 1.94. The molecular formula is C16H17ClO2. The molecule has 0 atom stereocenters. The second kappa shape index (κ2) is 5.01. The smallest absolute Gasteiger partial charge is 0.201 e. The first-order chi connectivity index (χ1) is 9.16. The Bertz CT molecular complexity index is 621. The maximum atomic E-state index is 12.5. The summed E-state index contributed by atoms with van der Waals surface area (Å²) in [5.74, 6) is 0.845. The van der Waals surface area contributed by atoms with Gasteiger partial charge in [-0.2, -0.15) is 0 Å². The zero-order valence-corrected chi connectivity index (χ0v) is 11.8. The molecule has 1 aliphatic carbocycles. The Labute approximate surface area is 117 Å². The Morgan fingerprint density at radius 3 is 2.74 bits per heavy atom. The summed E-state index contributed by atoms with van der Waals surface area (Å²) >= 11 is 6.00. The molecule has 0 unspecified atom stereocenters. The van der Waals surface area contributed by atoms with Crippen LogP contribution in [0.4, 0.5) is 0 Å². The maximum absolute atomic E-state index is 12.5. The summed E-state index contributed by atoms with van der Waals surface area (Å²) < 4.78 is 5.76. The number of hydrogen-bond donors (Lipinski definition) is 0. The predicted molar refractivity (Wildman–Crippen MR) is 76.9 cm³/mol. The van der Waals surface area contributed by atoms with E-state index in [9.17, 15) is 4.79 Å². The molecule has 0 amide bonds. The molecule has 3 heteroatoms. The van der Waals surface area contributed by atoms with Gasteiger partial charge in [-0.25, -0.2) is 0 Å².